The number of amides is 1. The van der Waals surface area contributed by atoms with Gasteiger partial charge in [0.1, 0.15) is 0 Å². The Morgan fingerprint density at radius 1 is 1.43 bits per heavy atom. The van der Waals surface area contributed by atoms with E-state index in [1.165, 1.54) is 0 Å². The number of nitrogens with zero attached hydrogens (tertiary/aromatic N) is 3. The zero-order valence-corrected chi connectivity index (χ0v) is 14.0. The molecule has 1 saturated carbocycles. The van der Waals surface area contributed by atoms with Crippen LogP contribution in [0.2, 0.25) is 0 Å². The lowest BCUT2D eigenvalue weighted by atomic mass is 10.1. The number of rotatable bonds is 6. The quantitative estimate of drug-likeness (QED) is 0.846. The molecule has 0 saturated heterocycles. The maximum Gasteiger partial charge on any atom is 0.220 e. The Bertz CT molecular complexity index is 734. The summed E-state index contributed by atoms with van der Waals surface area (Å²) in [5.41, 5.74) is 4.83. The van der Waals surface area contributed by atoms with Crippen LogP contribution in [0.15, 0.2) is 6.07 Å². The predicted molar refractivity (Wildman–Crippen MR) is 87.3 cm³/mol. The maximum atomic E-state index is 12.0. The molecule has 6 heteroatoms. The van der Waals surface area contributed by atoms with Gasteiger partial charge < -0.3 is 10.4 Å². The normalized spacial score (nSPS) is 15.8. The molecular formula is C17H24N4O2. The average molecular weight is 316 g/mol. The lowest BCUT2D eigenvalue weighted by Gasteiger charge is -2.12. The fourth-order valence-electron chi connectivity index (χ4n) is 3.00. The highest BCUT2D eigenvalue weighted by atomic mass is 16.3. The van der Waals surface area contributed by atoms with Gasteiger partial charge in [-0.25, -0.2) is 9.50 Å². The zero-order valence-electron chi connectivity index (χ0n) is 14.0. The van der Waals surface area contributed by atoms with Gasteiger partial charge in [0.25, 0.3) is 0 Å². The molecule has 0 radical (unpaired) electrons. The summed E-state index contributed by atoms with van der Waals surface area (Å²) in [5.74, 6) is 0.356. The van der Waals surface area contributed by atoms with Crippen molar-refractivity contribution in [2.24, 2.45) is 5.92 Å². The molecule has 1 aliphatic rings. The third-order valence-electron chi connectivity index (χ3n) is 4.56. The van der Waals surface area contributed by atoms with Crippen LogP contribution in [0.25, 0.3) is 5.65 Å². The van der Waals surface area contributed by atoms with E-state index in [2.05, 4.69) is 15.4 Å². The highest BCUT2D eigenvalue weighted by Crippen LogP contribution is 2.32. The second-order valence-electron chi connectivity index (χ2n) is 6.53. The summed E-state index contributed by atoms with van der Waals surface area (Å²) in [4.78, 5) is 16.6. The van der Waals surface area contributed by atoms with Crippen LogP contribution in [-0.2, 0) is 11.2 Å². The van der Waals surface area contributed by atoms with E-state index in [4.69, 9.17) is 0 Å². The molecule has 0 aliphatic heterocycles. The second kappa shape index (κ2) is 6.28. The summed E-state index contributed by atoms with van der Waals surface area (Å²) in [6.07, 6.45) is 2.78. The summed E-state index contributed by atoms with van der Waals surface area (Å²) >= 11 is 0. The van der Waals surface area contributed by atoms with Crippen molar-refractivity contribution in [2.45, 2.75) is 52.6 Å². The van der Waals surface area contributed by atoms with Crippen LogP contribution in [-0.4, -0.2) is 38.3 Å². The fraction of sp³-hybridized carbons (Fsp3) is 0.588. The standard InChI is InChI=1S/C17H24N4O2/c1-10-8-16-19-11(2)14(12(3)21(16)20-10)6-7-17(23)18-9-15(22)13-4-5-13/h8,13,15,22H,4-7,9H2,1-3H3,(H,18,23). The number of aromatic nitrogens is 3. The number of aliphatic hydroxyl groups is 1. The Morgan fingerprint density at radius 2 is 2.17 bits per heavy atom. The summed E-state index contributed by atoms with van der Waals surface area (Å²) in [5, 5.41) is 17.1. The van der Waals surface area contributed by atoms with Crippen LogP contribution in [0.3, 0.4) is 0 Å². The largest absolute Gasteiger partial charge is 0.391 e. The molecule has 124 valence electrons. The Balaban J connectivity index is 1.63. The van der Waals surface area contributed by atoms with E-state index in [-0.39, 0.29) is 5.91 Å². The van der Waals surface area contributed by atoms with Crippen molar-refractivity contribution >= 4 is 11.6 Å². The number of hydrogen-bond acceptors (Lipinski definition) is 4. The first-order valence-corrected chi connectivity index (χ1v) is 8.23. The minimum Gasteiger partial charge on any atom is -0.391 e. The molecule has 2 aromatic rings. The van der Waals surface area contributed by atoms with Gasteiger partial charge in [-0.15, -0.1) is 0 Å². The molecule has 6 nitrogen and oxygen atoms in total. The zero-order chi connectivity index (χ0) is 16.6. The van der Waals surface area contributed by atoms with E-state index in [0.29, 0.717) is 25.3 Å². The second-order valence-corrected chi connectivity index (χ2v) is 6.53. The molecule has 0 spiro atoms. The molecule has 0 bridgehead atoms. The van der Waals surface area contributed by atoms with Crippen LogP contribution in [0.1, 0.15) is 41.9 Å². The third kappa shape index (κ3) is 3.52. The topological polar surface area (TPSA) is 79.5 Å². The molecule has 2 N–H and O–H groups in total. The molecular weight excluding hydrogens is 292 g/mol. The number of fused-ring (bicyclic) bond motifs is 1. The summed E-state index contributed by atoms with van der Waals surface area (Å²) in [6, 6.07) is 1.95. The molecule has 2 aromatic heterocycles. The van der Waals surface area contributed by atoms with Crippen LogP contribution in [0.5, 0.6) is 0 Å². The van der Waals surface area contributed by atoms with Crippen LogP contribution in [0.4, 0.5) is 0 Å². The predicted octanol–water partition coefficient (Wildman–Crippen LogP) is 1.47. The van der Waals surface area contributed by atoms with Gasteiger partial charge in [0.15, 0.2) is 5.65 Å². The molecule has 2 heterocycles. The Hall–Kier alpha value is -1.95. The van der Waals surface area contributed by atoms with Crippen molar-refractivity contribution in [3.05, 3.63) is 28.7 Å². The molecule has 3 rings (SSSR count). The van der Waals surface area contributed by atoms with Crippen LogP contribution < -0.4 is 5.32 Å². The minimum absolute atomic E-state index is 0.0276. The Labute approximate surface area is 135 Å². The first-order valence-electron chi connectivity index (χ1n) is 8.23. The number of nitrogens with one attached hydrogen (secondary N) is 1. The third-order valence-corrected chi connectivity index (χ3v) is 4.56. The van der Waals surface area contributed by atoms with Crippen LogP contribution in [0, 0.1) is 26.7 Å². The SMILES string of the molecule is Cc1cc2nc(C)c(CCC(=O)NCC(O)C3CC3)c(C)n2n1. The van der Waals surface area contributed by atoms with Gasteiger partial charge in [0.05, 0.1) is 11.8 Å². The van der Waals surface area contributed by atoms with E-state index < -0.39 is 6.10 Å². The van der Waals surface area contributed by atoms with Crippen LogP contribution >= 0.6 is 0 Å². The lowest BCUT2D eigenvalue weighted by molar-refractivity contribution is -0.121. The monoisotopic (exact) mass is 316 g/mol. The van der Waals surface area contributed by atoms with E-state index in [0.717, 1.165) is 41.1 Å². The smallest absolute Gasteiger partial charge is 0.220 e. The van der Waals surface area contributed by atoms with Crippen molar-refractivity contribution in [2.75, 3.05) is 6.54 Å². The lowest BCUT2D eigenvalue weighted by Crippen LogP contribution is -2.33. The summed E-state index contributed by atoms with van der Waals surface area (Å²) in [7, 11) is 0. The number of carbonyl (C=O) groups excluding carboxylic acids is 1. The van der Waals surface area contributed by atoms with Gasteiger partial charge in [-0.2, -0.15) is 5.10 Å². The van der Waals surface area contributed by atoms with E-state index >= 15 is 0 Å². The first kappa shape index (κ1) is 15.9. The number of hydrogen-bond donors (Lipinski definition) is 2. The van der Waals surface area contributed by atoms with Gasteiger partial charge in [0.2, 0.25) is 5.91 Å². The molecule has 0 aromatic carbocycles. The Kier molecular flexibility index (Phi) is 4.35. The van der Waals surface area contributed by atoms with Crippen molar-refractivity contribution in [3.63, 3.8) is 0 Å². The van der Waals surface area contributed by atoms with Crippen molar-refractivity contribution in [1.82, 2.24) is 19.9 Å². The molecule has 23 heavy (non-hydrogen) atoms. The van der Waals surface area contributed by atoms with Gasteiger partial charge in [-0.1, -0.05) is 0 Å². The maximum absolute atomic E-state index is 12.0. The fourth-order valence-corrected chi connectivity index (χ4v) is 3.00. The average Bonchev–Trinajstić information content (AvgIpc) is 3.27. The molecule has 1 aliphatic carbocycles. The van der Waals surface area contributed by atoms with Gasteiger partial charge in [-0.3, -0.25) is 4.79 Å². The van der Waals surface area contributed by atoms with E-state index in [9.17, 15) is 9.90 Å². The molecule has 1 unspecified atom stereocenters. The highest BCUT2D eigenvalue weighted by molar-refractivity contribution is 5.76. The minimum atomic E-state index is -0.396. The van der Waals surface area contributed by atoms with Gasteiger partial charge in [0, 0.05) is 30.4 Å². The van der Waals surface area contributed by atoms with Crippen molar-refractivity contribution < 1.29 is 9.90 Å². The number of aryl methyl sites for hydroxylation is 3. The van der Waals surface area contributed by atoms with Gasteiger partial charge >= 0.3 is 0 Å². The highest BCUT2D eigenvalue weighted by Gasteiger charge is 2.29. The molecule has 1 amide bonds. The summed E-state index contributed by atoms with van der Waals surface area (Å²) in [6.45, 7) is 6.29. The molecule has 1 atom stereocenters. The van der Waals surface area contributed by atoms with Crippen molar-refractivity contribution in [1.29, 1.82) is 0 Å². The number of aliphatic hydroxyl groups excluding tert-OH is 1. The number of carbonyl (C=O) groups is 1. The van der Waals surface area contributed by atoms with E-state index in [1.807, 2.05) is 31.4 Å². The Morgan fingerprint density at radius 3 is 2.87 bits per heavy atom. The summed E-state index contributed by atoms with van der Waals surface area (Å²) < 4.78 is 1.84. The van der Waals surface area contributed by atoms with Crippen molar-refractivity contribution in [3.8, 4) is 0 Å². The first-order chi connectivity index (χ1) is 11.0. The molecule has 1 fully saturated rings. The van der Waals surface area contributed by atoms with E-state index in [1.54, 1.807) is 0 Å². The van der Waals surface area contributed by atoms with Gasteiger partial charge in [-0.05, 0) is 51.5 Å².